The lowest BCUT2D eigenvalue weighted by Gasteiger charge is -2.33. The van der Waals surface area contributed by atoms with E-state index in [1.165, 1.54) is 0 Å². The number of carbonyl (C=O) groups is 1. The lowest BCUT2D eigenvalue weighted by Crippen LogP contribution is -2.39. The number of hydrogen-bond acceptors (Lipinski definition) is 6. The number of benzene rings is 1. The van der Waals surface area contributed by atoms with Crippen LogP contribution in [0.1, 0.15) is 57.3 Å². The van der Waals surface area contributed by atoms with Crippen LogP contribution in [0.5, 0.6) is 5.75 Å². The highest BCUT2D eigenvalue weighted by atomic mass is 16.5. The van der Waals surface area contributed by atoms with Crippen LogP contribution in [0.25, 0.3) is 0 Å². The van der Waals surface area contributed by atoms with Crippen molar-refractivity contribution in [3.05, 3.63) is 36.0 Å². The summed E-state index contributed by atoms with van der Waals surface area (Å²) >= 11 is 0. The fraction of sp³-hybridized carbons (Fsp3) is 0.550. The molecular weight excluding hydrogens is 344 g/mol. The lowest BCUT2D eigenvalue weighted by molar-refractivity contribution is -0.121. The molecule has 1 N–H and O–H groups in total. The van der Waals surface area contributed by atoms with Crippen molar-refractivity contribution < 1.29 is 14.1 Å². The second-order valence-electron chi connectivity index (χ2n) is 7.32. The molecule has 27 heavy (non-hydrogen) atoms. The standard InChI is InChI=1S/C20H28N4O3/c1-13(2)18-22-20(27-23-18)14(3)24-11-9-15(10-12-24)19(25)21-16-7-5-6-8-17(16)26-4/h5-8,13-15H,9-12H2,1-4H3,(H,21,25)/t14-/m0/s1. The second-order valence-corrected chi connectivity index (χ2v) is 7.32. The molecule has 1 aromatic carbocycles. The molecule has 0 bridgehead atoms. The Morgan fingerprint density at radius 2 is 1.96 bits per heavy atom. The maximum atomic E-state index is 12.6. The van der Waals surface area contributed by atoms with Gasteiger partial charge in [0.15, 0.2) is 5.82 Å². The number of piperidine rings is 1. The molecule has 2 heterocycles. The minimum Gasteiger partial charge on any atom is -0.495 e. The molecule has 1 saturated heterocycles. The molecule has 7 heteroatoms. The van der Waals surface area contributed by atoms with Crippen molar-refractivity contribution in [1.82, 2.24) is 15.0 Å². The highest BCUT2D eigenvalue weighted by Gasteiger charge is 2.30. The van der Waals surface area contributed by atoms with Gasteiger partial charge in [-0.2, -0.15) is 4.98 Å². The van der Waals surface area contributed by atoms with Crippen molar-refractivity contribution in [2.24, 2.45) is 5.92 Å². The molecule has 0 aliphatic carbocycles. The minimum absolute atomic E-state index is 0.00716. The average Bonchev–Trinajstić information content (AvgIpc) is 3.18. The number of nitrogens with one attached hydrogen (secondary N) is 1. The summed E-state index contributed by atoms with van der Waals surface area (Å²) in [6.07, 6.45) is 1.60. The van der Waals surface area contributed by atoms with Crippen molar-refractivity contribution in [1.29, 1.82) is 0 Å². The number of amides is 1. The van der Waals surface area contributed by atoms with Crippen molar-refractivity contribution in [3.8, 4) is 5.75 Å². The van der Waals surface area contributed by atoms with Crippen LogP contribution in [0.15, 0.2) is 28.8 Å². The molecule has 0 unspecified atom stereocenters. The van der Waals surface area contributed by atoms with Crippen molar-refractivity contribution in [3.63, 3.8) is 0 Å². The Morgan fingerprint density at radius 3 is 2.59 bits per heavy atom. The summed E-state index contributed by atoms with van der Waals surface area (Å²) in [4.78, 5) is 19.4. The number of rotatable bonds is 6. The van der Waals surface area contributed by atoms with Gasteiger partial charge in [-0.3, -0.25) is 9.69 Å². The van der Waals surface area contributed by atoms with E-state index in [0.29, 0.717) is 17.3 Å². The van der Waals surface area contributed by atoms with Crippen molar-refractivity contribution in [2.45, 2.75) is 45.6 Å². The molecule has 7 nitrogen and oxygen atoms in total. The summed E-state index contributed by atoms with van der Waals surface area (Å²) in [6.45, 7) is 7.82. The Bertz CT molecular complexity index is 766. The third-order valence-electron chi connectivity index (χ3n) is 5.14. The maximum absolute atomic E-state index is 12.6. The van der Waals surface area contributed by atoms with E-state index in [4.69, 9.17) is 9.26 Å². The van der Waals surface area contributed by atoms with Crippen LogP contribution in [0, 0.1) is 5.92 Å². The number of nitrogens with zero attached hydrogens (tertiary/aromatic N) is 3. The number of ether oxygens (including phenoxy) is 1. The van der Waals surface area contributed by atoms with Gasteiger partial charge in [0.1, 0.15) is 5.75 Å². The van der Waals surface area contributed by atoms with Crippen LogP contribution in [-0.2, 0) is 4.79 Å². The Hall–Kier alpha value is -2.41. The Labute approximate surface area is 160 Å². The molecule has 0 saturated carbocycles. The molecular formula is C20H28N4O3. The molecule has 3 rings (SSSR count). The summed E-state index contributed by atoms with van der Waals surface area (Å²) in [5, 5.41) is 7.05. The van der Waals surface area contributed by atoms with Gasteiger partial charge in [-0.05, 0) is 45.0 Å². The van der Waals surface area contributed by atoms with Gasteiger partial charge in [0.2, 0.25) is 11.8 Å². The number of aromatic nitrogens is 2. The van der Waals surface area contributed by atoms with E-state index in [0.717, 1.165) is 31.8 Å². The van der Waals surface area contributed by atoms with E-state index in [-0.39, 0.29) is 23.8 Å². The molecule has 0 spiro atoms. The van der Waals surface area contributed by atoms with Crippen LogP contribution in [0.2, 0.25) is 0 Å². The third-order valence-corrected chi connectivity index (χ3v) is 5.14. The van der Waals surface area contributed by atoms with Gasteiger partial charge in [-0.15, -0.1) is 0 Å². The SMILES string of the molecule is COc1ccccc1NC(=O)C1CCN([C@@H](C)c2nc(C(C)C)no2)CC1. The fourth-order valence-electron chi connectivity index (χ4n) is 3.34. The molecule has 1 aliphatic rings. The first-order valence-corrected chi connectivity index (χ1v) is 9.51. The average molecular weight is 372 g/mol. The zero-order chi connectivity index (χ0) is 19.4. The zero-order valence-corrected chi connectivity index (χ0v) is 16.4. The normalized spacial score (nSPS) is 17.1. The molecule has 1 atom stereocenters. The Morgan fingerprint density at radius 1 is 1.26 bits per heavy atom. The molecule has 0 radical (unpaired) electrons. The van der Waals surface area contributed by atoms with Gasteiger partial charge in [-0.1, -0.05) is 31.1 Å². The summed E-state index contributed by atoms with van der Waals surface area (Å²) in [7, 11) is 1.60. The van der Waals surface area contributed by atoms with E-state index in [1.54, 1.807) is 7.11 Å². The third kappa shape index (κ3) is 4.47. The van der Waals surface area contributed by atoms with Crippen LogP contribution in [-0.4, -0.2) is 41.1 Å². The fourth-order valence-corrected chi connectivity index (χ4v) is 3.34. The second kappa shape index (κ2) is 8.52. The monoisotopic (exact) mass is 372 g/mol. The molecule has 1 aromatic heterocycles. The summed E-state index contributed by atoms with van der Waals surface area (Å²) < 4.78 is 10.7. The first-order valence-electron chi connectivity index (χ1n) is 9.51. The first kappa shape index (κ1) is 19.4. The van der Waals surface area contributed by atoms with E-state index in [9.17, 15) is 4.79 Å². The molecule has 2 aromatic rings. The van der Waals surface area contributed by atoms with Crippen LogP contribution >= 0.6 is 0 Å². The highest BCUT2D eigenvalue weighted by molar-refractivity contribution is 5.94. The zero-order valence-electron chi connectivity index (χ0n) is 16.4. The quantitative estimate of drug-likeness (QED) is 0.834. The van der Waals surface area contributed by atoms with Gasteiger partial charge >= 0.3 is 0 Å². The largest absolute Gasteiger partial charge is 0.495 e. The maximum Gasteiger partial charge on any atom is 0.243 e. The molecule has 1 fully saturated rings. The lowest BCUT2D eigenvalue weighted by atomic mass is 9.95. The van der Waals surface area contributed by atoms with Gasteiger partial charge in [-0.25, -0.2) is 0 Å². The van der Waals surface area contributed by atoms with Crippen LogP contribution in [0.4, 0.5) is 5.69 Å². The number of anilines is 1. The van der Waals surface area contributed by atoms with Gasteiger partial charge in [0, 0.05) is 11.8 Å². The highest BCUT2D eigenvalue weighted by Crippen LogP contribution is 2.29. The predicted molar refractivity (Wildman–Crippen MR) is 103 cm³/mol. The Kier molecular flexibility index (Phi) is 6.11. The van der Waals surface area contributed by atoms with E-state index in [2.05, 4.69) is 27.3 Å². The number of carbonyl (C=O) groups excluding carboxylic acids is 1. The van der Waals surface area contributed by atoms with Gasteiger partial charge < -0.3 is 14.6 Å². The van der Waals surface area contributed by atoms with Crippen molar-refractivity contribution in [2.75, 3.05) is 25.5 Å². The number of likely N-dealkylation sites (tertiary alicyclic amines) is 1. The van der Waals surface area contributed by atoms with Crippen LogP contribution < -0.4 is 10.1 Å². The smallest absolute Gasteiger partial charge is 0.243 e. The molecule has 1 amide bonds. The van der Waals surface area contributed by atoms with Crippen molar-refractivity contribution >= 4 is 11.6 Å². The number of hydrogen-bond donors (Lipinski definition) is 1. The van der Waals surface area contributed by atoms with E-state index in [1.807, 2.05) is 38.1 Å². The summed E-state index contributed by atoms with van der Waals surface area (Å²) in [5.41, 5.74) is 0.716. The Balaban J connectivity index is 1.55. The molecule has 146 valence electrons. The topological polar surface area (TPSA) is 80.5 Å². The summed E-state index contributed by atoms with van der Waals surface area (Å²) in [5.74, 6) is 2.35. The predicted octanol–water partition coefficient (Wildman–Crippen LogP) is 3.61. The number of methoxy groups -OCH3 is 1. The first-order chi connectivity index (χ1) is 13.0. The summed E-state index contributed by atoms with van der Waals surface area (Å²) in [6, 6.07) is 7.53. The van der Waals surface area contributed by atoms with Gasteiger partial charge in [0.25, 0.3) is 0 Å². The van der Waals surface area contributed by atoms with Crippen LogP contribution in [0.3, 0.4) is 0 Å². The number of para-hydroxylation sites is 2. The molecule has 1 aliphatic heterocycles. The van der Waals surface area contributed by atoms with E-state index < -0.39 is 0 Å². The minimum atomic E-state index is -0.00716. The van der Waals surface area contributed by atoms with Gasteiger partial charge in [0.05, 0.1) is 18.8 Å². The van der Waals surface area contributed by atoms with E-state index >= 15 is 0 Å².